The van der Waals surface area contributed by atoms with Crippen LogP contribution in [0.25, 0.3) is 0 Å². The van der Waals surface area contributed by atoms with Crippen molar-refractivity contribution < 1.29 is 9.59 Å². The molecule has 0 atom stereocenters. The molecule has 0 saturated heterocycles. The zero-order chi connectivity index (χ0) is 17.7. The molecule has 0 aliphatic carbocycles. The predicted molar refractivity (Wildman–Crippen MR) is 97.9 cm³/mol. The minimum absolute atomic E-state index is 0.0879. The number of Topliss-reactive ketones (excluding diaryl/α,β-unsaturated/α-hetero) is 1. The van der Waals surface area contributed by atoms with Crippen LogP contribution in [0.2, 0.25) is 10.0 Å². The number of halogens is 2. The molecular formula is C18H18Cl2N2O2. The molecule has 2 rings (SSSR count). The second kappa shape index (κ2) is 8.29. The lowest BCUT2D eigenvalue weighted by atomic mass is 10.1. The van der Waals surface area contributed by atoms with Gasteiger partial charge in [-0.3, -0.25) is 14.5 Å². The van der Waals surface area contributed by atoms with Gasteiger partial charge in [-0.1, -0.05) is 41.4 Å². The Hall–Kier alpha value is -1.88. The molecule has 2 aromatic carbocycles. The van der Waals surface area contributed by atoms with Crippen LogP contribution in [0.1, 0.15) is 22.8 Å². The molecular weight excluding hydrogens is 347 g/mol. The molecule has 2 aromatic rings. The third-order valence-electron chi connectivity index (χ3n) is 3.43. The number of nitrogens with zero attached hydrogens (tertiary/aromatic N) is 1. The van der Waals surface area contributed by atoms with Crippen LogP contribution in [0.3, 0.4) is 0 Å². The normalized spacial score (nSPS) is 10.7. The van der Waals surface area contributed by atoms with Crippen LogP contribution in [-0.4, -0.2) is 30.2 Å². The van der Waals surface area contributed by atoms with Gasteiger partial charge in [-0.25, -0.2) is 0 Å². The van der Waals surface area contributed by atoms with Crippen molar-refractivity contribution in [3.05, 3.63) is 63.6 Å². The van der Waals surface area contributed by atoms with E-state index in [1.54, 1.807) is 36.4 Å². The van der Waals surface area contributed by atoms with Crippen LogP contribution >= 0.6 is 23.2 Å². The second-order valence-electron chi connectivity index (χ2n) is 5.57. The Morgan fingerprint density at radius 3 is 2.46 bits per heavy atom. The number of likely N-dealkylation sites (N-methyl/N-ethyl adjacent to an activating group) is 1. The standard InChI is InChI=1S/C18H18Cl2N2O2/c1-12(23)14-5-3-4-6-17(14)21-18(24)11-22(2)10-13-7-8-15(19)16(20)9-13/h3-9H,10-11H2,1-2H3,(H,21,24). The van der Waals surface area contributed by atoms with E-state index in [0.717, 1.165) is 5.56 Å². The van der Waals surface area contributed by atoms with E-state index in [2.05, 4.69) is 5.32 Å². The van der Waals surface area contributed by atoms with Gasteiger partial charge in [0, 0.05) is 12.1 Å². The molecule has 24 heavy (non-hydrogen) atoms. The van der Waals surface area contributed by atoms with Crippen molar-refractivity contribution in [3.8, 4) is 0 Å². The average Bonchev–Trinajstić information content (AvgIpc) is 2.51. The highest BCUT2D eigenvalue weighted by molar-refractivity contribution is 6.42. The van der Waals surface area contributed by atoms with Crippen molar-refractivity contribution in [1.29, 1.82) is 0 Å². The molecule has 0 aromatic heterocycles. The Kier molecular flexibility index (Phi) is 6.37. The first-order chi connectivity index (χ1) is 11.4. The number of amides is 1. The van der Waals surface area contributed by atoms with Gasteiger partial charge in [0.05, 0.1) is 22.3 Å². The first-order valence-corrected chi connectivity index (χ1v) is 8.14. The number of rotatable bonds is 6. The quantitative estimate of drug-likeness (QED) is 0.778. The van der Waals surface area contributed by atoms with Gasteiger partial charge >= 0.3 is 0 Å². The number of ketones is 1. The van der Waals surface area contributed by atoms with E-state index >= 15 is 0 Å². The van der Waals surface area contributed by atoms with Gasteiger partial charge in [-0.2, -0.15) is 0 Å². The largest absolute Gasteiger partial charge is 0.324 e. The van der Waals surface area contributed by atoms with Crippen LogP contribution < -0.4 is 5.32 Å². The lowest BCUT2D eigenvalue weighted by Crippen LogP contribution is -2.30. The zero-order valence-corrected chi connectivity index (χ0v) is 15.0. The van der Waals surface area contributed by atoms with E-state index < -0.39 is 0 Å². The highest BCUT2D eigenvalue weighted by Gasteiger charge is 2.12. The maximum atomic E-state index is 12.2. The zero-order valence-electron chi connectivity index (χ0n) is 13.5. The third kappa shape index (κ3) is 5.06. The van der Waals surface area contributed by atoms with Gasteiger partial charge in [-0.15, -0.1) is 0 Å². The van der Waals surface area contributed by atoms with Gasteiger partial charge < -0.3 is 5.32 Å². The lowest BCUT2D eigenvalue weighted by Gasteiger charge is -2.17. The molecule has 0 heterocycles. The van der Waals surface area contributed by atoms with E-state index in [1.807, 2.05) is 18.0 Å². The minimum Gasteiger partial charge on any atom is -0.324 e. The van der Waals surface area contributed by atoms with E-state index in [9.17, 15) is 9.59 Å². The Morgan fingerprint density at radius 2 is 1.79 bits per heavy atom. The van der Waals surface area contributed by atoms with E-state index in [0.29, 0.717) is 27.8 Å². The number of carbonyl (C=O) groups excluding carboxylic acids is 2. The molecule has 0 aliphatic heterocycles. The first kappa shape index (κ1) is 18.5. The molecule has 0 radical (unpaired) electrons. The highest BCUT2D eigenvalue weighted by Crippen LogP contribution is 2.23. The van der Waals surface area contributed by atoms with Crippen LogP contribution in [0.4, 0.5) is 5.69 Å². The molecule has 0 saturated carbocycles. The molecule has 6 heteroatoms. The summed E-state index contributed by atoms with van der Waals surface area (Å²) >= 11 is 11.9. The van der Waals surface area contributed by atoms with Gasteiger partial charge in [0.25, 0.3) is 0 Å². The Labute approximate surface area is 151 Å². The fraction of sp³-hybridized carbons (Fsp3) is 0.222. The average molecular weight is 365 g/mol. The Morgan fingerprint density at radius 1 is 1.08 bits per heavy atom. The third-order valence-corrected chi connectivity index (χ3v) is 4.17. The lowest BCUT2D eigenvalue weighted by molar-refractivity contribution is -0.117. The summed E-state index contributed by atoms with van der Waals surface area (Å²) in [4.78, 5) is 25.6. The number of carbonyl (C=O) groups is 2. The summed E-state index contributed by atoms with van der Waals surface area (Å²) < 4.78 is 0. The second-order valence-corrected chi connectivity index (χ2v) is 6.39. The number of anilines is 1. The number of nitrogens with one attached hydrogen (secondary N) is 1. The molecule has 4 nitrogen and oxygen atoms in total. The molecule has 126 valence electrons. The smallest absolute Gasteiger partial charge is 0.238 e. The van der Waals surface area contributed by atoms with Crippen LogP contribution in [0.5, 0.6) is 0 Å². The fourth-order valence-electron chi connectivity index (χ4n) is 2.34. The maximum absolute atomic E-state index is 12.2. The first-order valence-electron chi connectivity index (χ1n) is 7.39. The number of para-hydroxylation sites is 1. The summed E-state index contributed by atoms with van der Waals surface area (Å²) in [5.41, 5.74) is 1.99. The van der Waals surface area contributed by atoms with Crippen molar-refractivity contribution >= 4 is 40.6 Å². The molecule has 1 amide bonds. The number of hydrogen-bond acceptors (Lipinski definition) is 3. The van der Waals surface area contributed by atoms with Gasteiger partial charge in [0.2, 0.25) is 5.91 Å². The van der Waals surface area contributed by atoms with Crippen molar-refractivity contribution in [1.82, 2.24) is 4.90 Å². The summed E-state index contributed by atoms with van der Waals surface area (Å²) in [6.07, 6.45) is 0. The van der Waals surface area contributed by atoms with Crippen LogP contribution in [-0.2, 0) is 11.3 Å². The maximum Gasteiger partial charge on any atom is 0.238 e. The summed E-state index contributed by atoms with van der Waals surface area (Å²) in [6, 6.07) is 12.3. The summed E-state index contributed by atoms with van der Waals surface area (Å²) in [6.45, 7) is 2.21. The predicted octanol–water partition coefficient (Wildman–Crippen LogP) is 4.27. The molecule has 0 bridgehead atoms. The van der Waals surface area contributed by atoms with E-state index in [-0.39, 0.29) is 18.2 Å². The van der Waals surface area contributed by atoms with Crippen molar-refractivity contribution in [3.63, 3.8) is 0 Å². The molecule has 0 aliphatic rings. The molecule has 0 unspecified atom stereocenters. The van der Waals surface area contributed by atoms with E-state index in [4.69, 9.17) is 23.2 Å². The van der Waals surface area contributed by atoms with Crippen LogP contribution in [0.15, 0.2) is 42.5 Å². The molecule has 1 N–H and O–H groups in total. The summed E-state index contributed by atoms with van der Waals surface area (Å²) in [5, 5.41) is 3.77. The highest BCUT2D eigenvalue weighted by atomic mass is 35.5. The molecule has 0 spiro atoms. The van der Waals surface area contributed by atoms with E-state index in [1.165, 1.54) is 6.92 Å². The van der Waals surface area contributed by atoms with Crippen molar-refractivity contribution in [2.45, 2.75) is 13.5 Å². The Bertz CT molecular complexity index is 762. The van der Waals surface area contributed by atoms with Crippen molar-refractivity contribution in [2.75, 3.05) is 18.9 Å². The van der Waals surface area contributed by atoms with Gasteiger partial charge in [0.15, 0.2) is 5.78 Å². The molecule has 0 fully saturated rings. The fourth-order valence-corrected chi connectivity index (χ4v) is 2.66. The SMILES string of the molecule is CC(=O)c1ccccc1NC(=O)CN(C)Cc1ccc(Cl)c(Cl)c1. The summed E-state index contributed by atoms with van der Waals surface area (Å²) in [5.74, 6) is -0.277. The van der Waals surface area contributed by atoms with Crippen molar-refractivity contribution in [2.24, 2.45) is 0 Å². The number of benzene rings is 2. The Balaban J connectivity index is 1.97. The van der Waals surface area contributed by atoms with Gasteiger partial charge in [-0.05, 0) is 43.8 Å². The van der Waals surface area contributed by atoms with Crippen LogP contribution in [0, 0.1) is 0 Å². The topological polar surface area (TPSA) is 49.4 Å². The number of hydrogen-bond donors (Lipinski definition) is 1. The summed E-state index contributed by atoms with van der Waals surface area (Å²) in [7, 11) is 1.83. The van der Waals surface area contributed by atoms with Gasteiger partial charge in [0.1, 0.15) is 0 Å². The monoisotopic (exact) mass is 364 g/mol. The minimum atomic E-state index is -0.189.